The Kier molecular flexibility index (Phi) is 5.41. The number of anilines is 1. The highest BCUT2D eigenvalue weighted by atomic mass is 32.2. The van der Waals surface area contributed by atoms with Gasteiger partial charge in [-0.3, -0.25) is 0 Å². The van der Waals surface area contributed by atoms with E-state index in [2.05, 4.69) is 70.9 Å². The van der Waals surface area contributed by atoms with Crippen molar-refractivity contribution in [3.8, 4) is 5.75 Å². The highest BCUT2D eigenvalue weighted by Gasteiger charge is 2.26. The Labute approximate surface area is 176 Å². The molecule has 5 heteroatoms. The molecule has 3 heterocycles. The summed E-state index contributed by atoms with van der Waals surface area (Å²) in [6, 6.07) is 21.4. The number of rotatable bonds is 5. The fourth-order valence-corrected chi connectivity index (χ4v) is 4.84. The first-order valence-electron chi connectivity index (χ1n) is 10.2. The van der Waals surface area contributed by atoms with Crippen LogP contribution in [0.4, 0.5) is 5.82 Å². The smallest absolute Gasteiger partial charge is 0.129 e. The van der Waals surface area contributed by atoms with E-state index in [1.807, 2.05) is 17.8 Å². The van der Waals surface area contributed by atoms with E-state index in [0.717, 1.165) is 42.5 Å². The predicted octanol–water partition coefficient (Wildman–Crippen LogP) is 4.92. The molecule has 2 saturated heterocycles. The normalized spacial score (nSPS) is 20.6. The van der Waals surface area contributed by atoms with Gasteiger partial charge < -0.3 is 15.0 Å². The minimum absolute atomic E-state index is 0.367. The zero-order valence-corrected chi connectivity index (χ0v) is 17.2. The largest absolute Gasteiger partial charge is 0.491 e. The second-order valence-corrected chi connectivity index (χ2v) is 8.66. The summed E-state index contributed by atoms with van der Waals surface area (Å²) in [6.45, 7) is 2.70. The lowest BCUT2D eigenvalue weighted by molar-refractivity contribution is 0.288. The number of para-hydroxylation sites is 1. The van der Waals surface area contributed by atoms with Crippen LogP contribution in [-0.4, -0.2) is 36.6 Å². The van der Waals surface area contributed by atoms with Gasteiger partial charge in [-0.15, -0.1) is 11.8 Å². The molecule has 5 rings (SSSR count). The van der Waals surface area contributed by atoms with Crippen molar-refractivity contribution in [2.75, 3.05) is 30.5 Å². The van der Waals surface area contributed by atoms with Crippen LogP contribution in [0.1, 0.15) is 18.4 Å². The maximum atomic E-state index is 6.15. The first-order valence-corrected chi connectivity index (χ1v) is 11.2. The molecule has 3 aromatic rings. The average Bonchev–Trinajstić information content (AvgIpc) is 3.45. The number of hydrogen-bond donors (Lipinski definition) is 1. The van der Waals surface area contributed by atoms with E-state index in [4.69, 9.17) is 9.72 Å². The van der Waals surface area contributed by atoms with E-state index in [-0.39, 0.29) is 0 Å². The second kappa shape index (κ2) is 8.47. The number of benzene rings is 2. The predicted molar refractivity (Wildman–Crippen MR) is 122 cm³/mol. The standard InChI is InChI=1S/C24H25N3OS/c1-2-6-23-19(4-1)9-12-24(26-23)27-13-3-5-20(27)16-28-21-10-7-18(8-11-21)14-22-15-25-17-29-22/h1-2,4,6-12,14,20,25H,3,5,13,15-17H2/t20-/m0/s1. The highest BCUT2D eigenvalue weighted by molar-refractivity contribution is 8.03. The number of aromatic nitrogens is 1. The van der Waals surface area contributed by atoms with Crippen LogP contribution < -0.4 is 15.0 Å². The molecule has 0 amide bonds. The van der Waals surface area contributed by atoms with Gasteiger partial charge in [0.05, 0.1) is 11.6 Å². The third kappa shape index (κ3) is 4.26. The van der Waals surface area contributed by atoms with Crippen LogP contribution in [0.25, 0.3) is 17.0 Å². The number of hydrogen-bond acceptors (Lipinski definition) is 5. The van der Waals surface area contributed by atoms with Crippen LogP contribution in [0.2, 0.25) is 0 Å². The van der Waals surface area contributed by atoms with Gasteiger partial charge in [-0.25, -0.2) is 4.98 Å². The summed E-state index contributed by atoms with van der Waals surface area (Å²) in [4.78, 5) is 8.67. The molecule has 2 fully saturated rings. The van der Waals surface area contributed by atoms with E-state index in [0.29, 0.717) is 12.6 Å². The van der Waals surface area contributed by atoms with Gasteiger partial charge in [0.1, 0.15) is 18.2 Å². The lowest BCUT2D eigenvalue weighted by atomic mass is 10.2. The molecule has 0 bridgehead atoms. The van der Waals surface area contributed by atoms with Gasteiger partial charge in [0.25, 0.3) is 0 Å². The number of nitrogens with zero attached hydrogens (tertiary/aromatic N) is 2. The molecule has 1 aromatic heterocycles. The summed E-state index contributed by atoms with van der Waals surface area (Å²) in [5.41, 5.74) is 2.28. The zero-order chi connectivity index (χ0) is 19.5. The molecule has 1 atom stereocenters. The van der Waals surface area contributed by atoms with Crippen molar-refractivity contribution in [2.45, 2.75) is 18.9 Å². The van der Waals surface area contributed by atoms with Crippen molar-refractivity contribution in [1.29, 1.82) is 0 Å². The van der Waals surface area contributed by atoms with Crippen LogP contribution in [-0.2, 0) is 0 Å². The Morgan fingerprint density at radius 3 is 2.86 bits per heavy atom. The Bertz CT molecular complexity index is 1010. The molecule has 2 aromatic carbocycles. The molecule has 2 aliphatic heterocycles. The average molecular weight is 404 g/mol. The summed E-state index contributed by atoms with van der Waals surface area (Å²) in [6.07, 6.45) is 4.57. The Morgan fingerprint density at radius 1 is 1.10 bits per heavy atom. The Balaban J connectivity index is 1.24. The zero-order valence-electron chi connectivity index (χ0n) is 16.4. The van der Waals surface area contributed by atoms with Gasteiger partial charge in [-0.05, 0) is 54.8 Å². The molecule has 0 saturated carbocycles. The third-order valence-electron chi connectivity index (χ3n) is 5.56. The lowest BCUT2D eigenvalue weighted by Crippen LogP contribution is -2.34. The molecule has 0 unspecified atom stereocenters. The molecule has 2 aliphatic rings. The number of thioether (sulfide) groups is 1. The number of pyridine rings is 1. The topological polar surface area (TPSA) is 37.4 Å². The Morgan fingerprint density at radius 2 is 2.00 bits per heavy atom. The maximum absolute atomic E-state index is 6.15. The van der Waals surface area contributed by atoms with E-state index >= 15 is 0 Å². The van der Waals surface area contributed by atoms with E-state index < -0.39 is 0 Å². The molecular weight excluding hydrogens is 378 g/mol. The van der Waals surface area contributed by atoms with Crippen molar-refractivity contribution in [1.82, 2.24) is 10.3 Å². The molecule has 148 valence electrons. The van der Waals surface area contributed by atoms with Crippen molar-refractivity contribution in [3.63, 3.8) is 0 Å². The summed E-state index contributed by atoms with van der Waals surface area (Å²) in [7, 11) is 0. The number of ether oxygens (including phenoxy) is 1. The van der Waals surface area contributed by atoms with Gasteiger partial charge in [-0.2, -0.15) is 0 Å². The molecule has 29 heavy (non-hydrogen) atoms. The minimum atomic E-state index is 0.367. The SMILES string of the molecule is C(=C1CNCS1)c1ccc(OC[C@@H]2CCCN2c2ccc3ccccc3n2)cc1. The van der Waals surface area contributed by atoms with Crippen molar-refractivity contribution >= 4 is 34.6 Å². The van der Waals surface area contributed by atoms with Crippen molar-refractivity contribution < 1.29 is 4.74 Å². The second-order valence-electron chi connectivity index (χ2n) is 7.56. The number of fused-ring (bicyclic) bond motifs is 1. The third-order valence-corrected chi connectivity index (χ3v) is 6.55. The van der Waals surface area contributed by atoms with Gasteiger partial charge in [0.15, 0.2) is 0 Å². The molecule has 0 radical (unpaired) electrons. The Hall–Kier alpha value is -2.50. The summed E-state index contributed by atoms with van der Waals surface area (Å²) in [5, 5.41) is 4.53. The summed E-state index contributed by atoms with van der Waals surface area (Å²) in [5.74, 6) is 3.00. The number of nitrogens with one attached hydrogen (secondary N) is 1. The van der Waals surface area contributed by atoms with E-state index in [1.165, 1.54) is 22.3 Å². The van der Waals surface area contributed by atoms with Crippen LogP contribution in [0.15, 0.2) is 65.6 Å². The van der Waals surface area contributed by atoms with Crippen LogP contribution in [0, 0.1) is 0 Å². The summed E-state index contributed by atoms with van der Waals surface area (Å²) < 4.78 is 6.15. The molecule has 1 N–H and O–H groups in total. The van der Waals surface area contributed by atoms with Crippen LogP contribution in [0.5, 0.6) is 5.75 Å². The fraction of sp³-hybridized carbons (Fsp3) is 0.292. The van der Waals surface area contributed by atoms with Gasteiger partial charge in [-0.1, -0.05) is 30.3 Å². The molecular formula is C24H25N3OS. The van der Waals surface area contributed by atoms with Crippen molar-refractivity contribution in [2.24, 2.45) is 0 Å². The minimum Gasteiger partial charge on any atom is -0.491 e. The quantitative estimate of drug-likeness (QED) is 0.655. The molecule has 0 spiro atoms. The van der Waals surface area contributed by atoms with Crippen molar-refractivity contribution in [3.05, 3.63) is 71.1 Å². The lowest BCUT2D eigenvalue weighted by Gasteiger charge is -2.26. The van der Waals surface area contributed by atoms with Crippen LogP contribution in [0.3, 0.4) is 0 Å². The fourth-order valence-electron chi connectivity index (χ4n) is 4.03. The maximum Gasteiger partial charge on any atom is 0.129 e. The van der Waals surface area contributed by atoms with E-state index in [9.17, 15) is 0 Å². The van der Waals surface area contributed by atoms with Crippen LogP contribution >= 0.6 is 11.8 Å². The highest BCUT2D eigenvalue weighted by Crippen LogP contribution is 2.27. The summed E-state index contributed by atoms with van der Waals surface area (Å²) >= 11 is 1.87. The van der Waals surface area contributed by atoms with E-state index in [1.54, 1.807) is 0 Å². The molecule has 0 aliphatic carbocycles. The molecule has 4 nitrogen and oxygen atoms in total. The monoisotopic (exact) mass is 403 g/mol. The first-order chi connectivity index (χ1) is 14.3. The van der Waals surface area contributed by atoms with Gasteiger partial charge in [0, 0.05) is 29.3 Å². The first kappa shape index (κ1) is 18.5. The van der Waals surface area contributed by atoms with Gasteiger partial charge in [0.2, 0.25) is 0 Å². The van der Waals surface area contributed by atoms with Gasteiger partial charge >= 0.3 is 0 Å².